The van der Waals surface area contributed by atoms with Crippen LogP contribution in [-0.4, -0.2) is 35.6 Å². The molecule has 102 valence electrons. The van der Waals surface area contributed by atoms with E-state index in [2.05, 4.69) is 0 Å². The van der Waals surface area contributed by atoms with Crippen molar-refractivity contribution in [3.8, 4) is 0 Å². The fourth-order valence-electron chi connectivity index (χ4n) is 2.23. The Bertz CT molecular complexity index is 549. The smallest absolute Gasteiger partial charge is 0.325 e. The van der Waals surface area contributed by atoms with Crippen molar-refractivity contribution in [1.82, 2.24) is 0 Å². The lowest BCUT2D eigenvalue weighted by atomic mass is 10.0. The van der Waals surface area contributed by atoms with E-state index in [9.17, 15) is 14.0 Å². The third-order valence-corrected chi connectivity index (χ3v) is 3.31. The number of aliphatic carboxylic acids is 1. The Balaban J connectivity index is 2.37. The molecule has 1 unspecified atom stereocenters. The number of nitrogens with zero attached hydrogens (tertiary/aromatic N) is 1. The first-order valence-electron chi connectivity index (χ1n) is 5.71. The van der Waals surface area contributed by atoms with E-state index in [-0.39, 0.29) is 24.2 Å². The van der Waals surface area contributed by atoms with Gasteiger partial charge in [0.1, 0.15) is 11.4 Å². The Labute approximate surface area is 108 Å². The largest absolute Gasteiger partial charge is 0.480 e. The van der Waals surface area contributed by atoms with Gasteiger partial charge in [-0.05, 0) is 18.6 Å². The van der Waals surface area contributed by atoms with E-state index in [1.807, 2.05) is 0 Å². The zero-order valence-electron chi connectivity index (χ0n) is 10.1. The molecule has 0 bridgehead atoms. The van der Waals surface area contributed by atoms with Crippen LogP contribution in [0, 0.1) is 5.82 Å². The molecule has 0 saturated carbocycles. The molecule has 0 radical (unpaired) electrons. The maximum atomic E-state index is 13.6. The number of carbonyl (C=O) groups excluding carboxylic acids is 1. The van der Waals surface area contributed by atoms with Gasteiger partial charge in [-0.15, -0.1) is 0 Å². The normalized spacial score (nSPS) is 22.5. The molecule has 7 heteroatoms. The van der Waals surface area contributed by atoms with Gasteiger partial charge in [0, 0.05) is 13.1 Å². The number of halogens is 1. The van der Waals surface area contributed by atoms with Gasteiger partial charge in [-0.2, -0.15) is 0 Å². The number of nitrogens with two attached hydrogens (primary N) is 2. The molecule has 0 aromatic heterocycles. The molecule has 1 atom stereocenters. The minimum atomic E-state index is -1.39. The van der Waals surface area contributed by atoms with E-state index >= 15 is 0 Å². The highest BCUT2D eigenvalue weighted by atomic mass is 19.1. The van der Waals surface area contributed by atoms with E-state index in [0.29, 0.717) is 6.54 Å². The lowest BCUT2D eigenvalue weighted by molar-refractivity contribution is -0.142. The molecule has 6 nitrogen and oxygen atoms in total. The molecule has 1 aliphatic rings. The van der Waals surface area contributed by atoms with Crippen molar-refractivity contribution >= 4 is 17.6 Å². The van der Waals surface area contributed by atoms with Crippen molar-refractivity contribution in [3.63, 3.8) is 0 Å². The fourth-order valence-corrected chi connectivity index (χ4v) is 2.23. The molecular weight excluding hydrogens is 253 g/mol. The number of carbonyl (C=O) groups is 2. The van der Waals surface area contributed by atoms with Gasteiger partial charge in [0.05, 0.1) is 11.3 Å². The summed E-state index contributed by atoms with van der Waals surface area (Å²) in [6.45, 7) is 0.332. The summed E-state index contributed by atoms with van der Waals surface area (Å²) in [5.74, 6) is -2.74. The summed E-state index contributed by atoms with van der Waals surface area (Å²) in [6, 6.07) is 4.09. The minimum Gasteiger partial charge on any atom is -0.480 e. The monoisotopic (exact) mass is 267 g/mol. The summed E-state index contributed by atoms with van der Waals surface area (Å²) in [7, 11) is 0. The Morgan fingerprint density at radius 2 is 2.11 bits per heavy atom. The van der Waals surface area contributed by atoms with E-state index in [1.54, 1.807) is 4.90 Å². The average Bonchev–Trinajstić information content (AvgIpc) is 2.72. The van der Waals surface area contributed by atoms with Crippen LogP contribution in [0.15, 0.2) is 18.2 Å². The van der Waals surface area contributed by atoms with Crippen LogP contribution in [0.3, 0.4) is 0 Å². The third-order valence-electron chi connectivity index (χ3n) is 3.31. The van der Waals surface area contributed by atoms with Gasteiger partial charge in [-0.25, -0.2) is 4.39 Å². The molecule has 0 spiro atoms. The van der Waals surface area contributed by atoms with Crippen LogP contribution in [-0.2, 0) is 4.79 Å². The van der Waals surface area contributed by atoms with E-state index in [0.717, 1.165) is 6.07 Å². The maximum Gasteiger partial charge on any atom is 0.325 e. The topological polar surface area (TPSA) is 110 Å². The molecule has 0 aliphatic carbocycles. The zero-order chi connectivity index (χ0) is 14.2. The van der Waals surface area contributed by atoms with Gasteiger partial charge in [-0.1, -0.05) is 6.07 Å². The second-order valence-corrected chi connectivity index (χ2v) is 4.63. The molecule has 2 rings (SSSR count). The quantitative estimate of drug-likeness (QED) is 0.709. The molecule has 1 aromatic carbocycles. The summed E-state index contributed by atoms with van der Waals surface area (Å²) in [6.07, 6.45) is 0.219. The number of carboxylic acids is 1. The van der Waals surface area contributed by atoms with Gasteiger partial charge >= 0.3 is 5.97 Å². The summed E-state index contributed by atoms with van der Waals surface area (Å²) in [4.78, 5) is 23.9. The predicted molar refractivity (Wildman–Crippen MR) is 66.3 cm³/mol. The molecule has 1 aliphatic heterocycles. The van der Waals surface area contributed by atoms with Crippen molar-refractivity contribution in [3.05, 3.63) is 29.6 Å². The van der Waals surface area contributed by atoms with E-state index < -0.39 is 23.2 Å². The van der Waals surface area contributed by atoms with Gasteiger partial charge in [0.15, 0.2) is 0 Å². The number of hydrogen-bond acceptors (Lipinski definition) is 4. The summed E-state index contributed by atoms with van der Waals surface area (Å²) < 4.78 is 13.6. The molecule has 5 N–H and O–H groups in total. The van der Waals surface area contributed by atoms with Crippen LogP contribution in [0.4, 0.5) is 10.1 Å². The first-order valence-corrected chi connectivity index (χ1v) is 5.71. The molecule has 1 amide bonds. The van der Waals surface area contributed by atoms with Gasteiger partial charge < -0.3 is 21.5 Å². The Morgan fingerprint density at radius 1 is 1.42 bits per heavy atom. The van der Waals surface area contributed by atoms with E-state index in [1.165, 1.54) is 12.1 Å². The lowest BCUT2D eigenvalue weighted by Crippen LogP contribution is -2.50. The number of hydrogen-bond donors (Lipinski definition) is 3. The Kier molecular flexibility index (Phi) is 3.15. The van der Waals surface area contributed by atoms with Crippen LogP contribution in [0.2, 0.25) is 0 Å². The van der Waals surface area contributed by atoms with Crippen LogP contribution in [0.5, 0.6) is 0 Å². The Morgan fingerprint density at radius 3 is 2.63 bits per heavy atom. The fraction of sp³-hybridized carbons (Fsp3) is 0.333. The standard InChI is InChI=1S/C12H14FN3O3/c13-7-2-1-3-8(9(7)10(14)17)16-5-4-12(15,6-16)11(18)19/h1-3H,4-6,15H2,(H2,14,17)(H,18,19). The molecule has 1 heterocycles. The van der Waals surface area contributed by atoms with Gasteiger partial charge in [0.2, 0.25) is 0 Å². The number of anilines is 1. The first kappa shape index (κ1) is 13.3. The SMILES string of the molecule is NC(=O)c1c(F)cccc1N1CCC(N)(C(=O)O)C1. The highest BCUT2D eigenvalue weighted by molar-refractivity contribution is 5.99. The van der Waals surface area contributed by atoms with Gasteiger partial charge in [-0.3, -0.25) is 9.59 Å². The second kappa shape index (κ2) is 4.51. The summed E-state index contributed by atoms with van der Waals surface area (Å²) >= 11 is 0. The lowest BCUT2D eigenvalue weighted by Gasteiger charge is -2.23. The van der Waals surface area contributed by atoms with Gasteiger partial charge in [0.25, 0.3) is 5.91 Å². The summed E-state index contributed by atoms with van der Waals surface area (Å²) in [5, 5.41) is 9.05. The third kappa shape index (κ3) is 2.24. The van der Waals surface area contributed by atoms with Crippen molar-refractivity contribution in [2.45, 2.75) is 12.0 Å². The molecule has 1 aromatic rings. The van der Waals surface area contributed by atoms with Crippen molar-refractivity contribution < 1.29 is 19.1 Å². The predicted octanol–water partition coefficient (Wildman–Crippen LogP) is -0.0832. The van der Waals surface area contributed by atoms with E-state index in [4.69, 9.17) is 16.6 Å². The number of amides is 1. The average molecular weight is 267 g/mol. The van der Waals surface area contributed by atoms with Crippen molar-refractivity contribution in [1.29, 1.82) is 0 Å². The molecule has 1 fully saturated rings. The molecular formula is C12H14FN3O3. The highest BCUT2D eigenvalue weighted by Crippen LogP contribution is 2.29. The highest BCUT2D eigenvalue weighted by Gasteiger charge is 2.42. The molecule has 1 saturated heterocycles. The molecule has 19 heavy (non-hydrogen) atoms. The second-order valence-electron chi connectivity index (χ2n) is 4.63. The van der Waals surface area contributed by atoms with Crippen LogP contribution < -0.4 is 16.4 Å². The Hall–Kier alpha value is -2.15. The summed E-state index contributed by atoms with van der Waals surface area (Å²) in [5.41, 5.74) is 9.55. The first-order chi connectivity index (χ1) is 8.85. The maximum absolute atomic E-state index is 13.6. The minimum absolute atomic E-state index is 0.00602. The van der Waals surface area contributed by atoms with Crippen LogP contribution >= 0.6 is 0 Å². The van der Waals surface area contributed by atoms with Crippen molar-refractivity contribution in [2.75, 3.05) is 18.0 Å². The number of rotatable bonds is 3. The van der Waals surface area contributed by atoms with Crippen LogP contribution in [0.1, 0.15) is 16.8 Å². The number of carboxylic acid groups (broad SMARTS) is 1. The van der Waals surface area contributed by atoms with Crippen molar-refractivity contribution in [2.24, 2.45) is 11.5 Å². The number of benzene rings is 1. The van der Waals surface area contributed by atoms with Crippen LogP contribution in [0.25, 0.3) is 0 Å². The number of primary amides is 1. The zero-order valence-corrected chi connectivity index (χ0v) is 10.1.